The van der Waals surface area contributed by atoms with E-state index in [1.165, 1.54) is 0 Å². The van der Waals surface area contributed by atoms with E-state index >= 15 is 0 Å². The van der Waals surface area contributed by atoms with E-state index in [4.69, 9.17) is 4.98 Å². The van der Waals surface area contributed by atoms with Crippen molar-refractivity contribution in [1.82, 2.24) is 30.4 Å². The summed E-state index contributed by atoms with van der Waals surface area (Å²) in [7, 11) is 1.92. The Balaban J connectivity index is 1.34. The molecule has 30 heavy (non-hydrogen) atoms. The molecule has 1 atom stereocenters. The summed E-state index contributed by atoms with van der Waals surface area (Å²) in [6, 6.07) is 10.7. The third-order valence-corrected chi connectivity index (χ3v) is 6.14. The fourth-order valence-electron chi connectivity index (χ4n) is 3.63. The molecular weight excluding hydrogens is 394 g/mol. The van der Waals surface area contributed by atoms with E-state index in [0.29, 0.717) is 6.04 Å². The van der Waals surface area contributed by atoms with Crippen molar-refractivity contribution in [3.63, 3.8) is 0 Å². The number of nitrogens with one attached hydrogen (secondary N) is 3. The number of nitrogens with zero attached hydrogens (tertiary/aromatic N) is 4. The second-order valence-electron chi connectivity index (χ2n) is 7.47. The highest BCUT2D eigenvalue weighted by atomic mass is 32.1. The number of aryl methyl sites for hydroxylation is 1. The summed E-state index contributed by atoms with van der Waals surface area (Å²) in [6.45, 7) is 6.22. The zero-order chi connectivity index (χ0) is 20.5. The van der Waals surface area contributed by atoms with E-state index in [1.807, 2.05) is 42.3 Å². The van der Waals surface area contributed by atoms with Crippen molar-refractivity contribution in [1.29, 1.82) is 0 Å². The van der Waals surface area contributed by atoms with Crippen LogP contribution in [0.15, 0.2) is 55.5 Å². The van der Waals surface area contributed by atoms with Gasteiger partial charge in [-0.3, -0.25) is 4.68 Å². The van der Waals surface area contributed by atoms with E-state index < -0.39 is 0 Å². The number of thiazole rings is 1. The molecule has 0 bridgehead atoms. The molecule has 0 radical (unpaired) electrons. The van der Waals surface area contributed by atoms with Gasteiger partial charge in [-0.15, -0.1) is 0 Å². The van der Waals surface area contributed by atoms with Crippen LogP contribution in [0.5, 0.6) is 0 Å². The number of anilines is 2. The minimum absolute atomic E-state index is 0.431. The lowest BCUT2D eigenvalue weighted by Crippen LogP contribution is -2.29. The maximum Gasteiger partial charge on any atom is 0.189 e. The zero-order valence-corrected chi connectivity index (χ0v) is 17.5. The Morgan fingerprint density at radius 2 is 2.20 bits per heavy atom. The minimum atomic E-state index is 0.431. The van der Waals surface area contributed by atoms with E-state index in [9.17, 15) is 0 Å². The van der Waals surface area contributed by atoms with E-state index in [0.717, 1.165) is 63.1 Å². The lowest BCUT2D eigenvalue weighted by atomic mass is 10.1. The third-order valence-electron chi connectivity index (χ3n) is 5.21. The Bertz CT molecular complexity index is 1200. The fourth-order valence-corrected chi connectivity index (χ4v) is 4.54. The molecule has 5 rings (SSSR count). The molecule has 1 aliphatic rings. The van der Waals surface area contributed by atoms with Crippen LogP contribution in [-0.4, -0.2) is 38.9 Å². The van der Waals surface area contributed by atoms with Crippen molar-refractivity contribution in [2.75, 3.05) is 18.4 Å². The normalized spacial score (nSPS) is 16.1. The van der Waals surface area contributed by atoms with E-state index in [2.05, 4.69) is 44.7 Å². The third kappa shape index (κ3) is 3.92. The number of hydrogen-bond donors (Lipinski definition) is 3. The molecule has 0 amide bonds. The fraction of sp³-hybridized carbons (Fsp3) is 0.227. The van der Waals surface area contributed by atoms with Gasteiger partial charge >= 0.3 is 0 Å². The van der Waals surface area contributed by atoms with Crippen LogP contribution in [0.25, 0.3) is 27.0 Å². The van der Waals surface area contributed by atoms with E-state index in [-0.39, 0.29) is 0 Å². The zero-order valence-electron chi connectivity index (χ0n) is 16.7. The van der Waals surface area contributed by atoms with Gasteiger partial charge in [-0.1, -0.05) is 24.0 Å². The number of benzene rings is 1. The molecule has 1 aromatic carbocycles. The molecule has 7 nitrogen and oxygen atoms in total. The molecule has 4 heterocycles. The molecule has 1 saturated heterocycles. The summed E-state index contributed by atoms with van der Waals surface area (Å²) in [6.07, 6.45) is 6.80. The summed E-state index contributed by atoms with van der Waals surface area (Å²) in [4.78, 5) is 9.16. The van der Waals surface area contributed by atoms with Crippen LogP contribution in [-0.2, 0) is 7.05 Å². The Labute approximate surface area is 178 Å². The van der Waals surface area contributed by atoms with Crippen molar-refractivity contribution in [3.8, 4) is 11.1 Å². The van der Waals surface area contributed by atoms with Crippen LogP contribution in [0.1, 0.15) is 12.0 Å². The minimum Gasteiger partial charge on any atom is -0.381 e. The molecule has 0 spiro atoms. The second kappa shape index (κ2) is 7.89. The van der Waals surface area contributed by atoms with Gasteiger partial charge in [0.25, 0.3) is 0 Å². The standard InChI is InChI=1S/C22H23N7S/c1-14(26-18-6-7-23-12-18)15-5-8-24-21(10-15)28-22-27-19-4-3-16(9-20(19)30-22)17-11-25-29(2)13-17/h3-5,8-11,13,18,23,26H,1,6-7,12H2,2H3,(H,24,27,28). The smallest absolute Gasteiger partial charge is 0.189 e. The summed E-state index contributed by atoms with van der Waals surface area (Å²) in [5.41, 5.74) is 5.14. The highest BCUT2D eigenvalue weighted by Crippen LogP contribution is 2.31. The van der Waals surface area contributed by atoms with Gasteiger partial charge in [-0.25, -0.2) is 9.97 Å². The van der Waals surface area contributed by atoms with Gasteiger partial charge in [-0.05, 0) is 42.8 Å². The molecule has 4 aromatic rings. The van der Waals surface area contributed by atoms with Gasteiger partial charge in [0.05, 0.1) is 16.4 Å². The number of pyridine rings is 1. The predicted molar refractivity (Wildman–Crippen MR) is 123 cm³/mol. The largest absolute Gasteiger partial charge is 0.381 e. The Kier molecular flexibility index (Phi) is 4.94. The van der Waals surface area contributed by atoms with Crippen molar-refractivity contribution in [2.24, 2.45) is 7.05 Å². The monoisotopic (exact) mass is 417 g/mol. The lowest BCUT2D eigenvalue weighted by Gasteiger charge is -2.15. The first-order valence-electron chi connectivity index (χ1n) is 9.93. The van der Waals surface area contributed by atoms with Crippen LogP contribution < -0.4 is 16.0 Å². The molecule has 1 fully saturated rings. The highest BCUT2D eigenvalue weighted by molar-refractivity contribution is 7.22. The van der Waals surface area contributed by atoms with Crippen LogP contribution in [0, 0.1) is 0 Å². The molecule has 8 heteroatoms. The number of hydrogen-bond acceptors (Lipinski definition) is 7. The first kappa shape index (κ1) is 18.8. The quantitative estimate of drug-likeness (QED) is 0.443. The van der Waals surface area contributed by atoms with Gasteiger partial charge in [0.2, 0.25) is 0 Å². The Morgan fingerprint density at radius 1 is 1.27 bits per heavy atom. The molecule has 0 aliphatic carbocycles. The van der Waals surface area contributed by atoms with Gasteiger partial charge in [0.15, 0.2) is 5.13 Å². The molecule has 1 aliphatic heterocycles. The van der Waals surface area contributed by atoms with Gasteiger partial charge in [0.1, 0.15) is 5.82 Å². The Morgan fingerprint density at radius 3 is 3.00 bits per heavy atom. The van der Waals surface area contributed by atoms with Crippen LogP contribution in [0.3, 0.4) is 0 Å². The molecule has 3 aromatic heterocycles. The lowest BCUT2D eigenvalue weighted by molar-refractivity contribution is 0.651. The first-order valence-corrected chi connectivity index (χ1v) is 10.7. The van der Waals surface area contributed by atoms with Crippen LogP contribution >= 0.6 is 11.3 Å². The van der Waals surface area contributed by atoms with E-state index in [1.54, 1.807) is 17.5 Å². The maximum atomic E-state index is 4.71. The van der Waals surface area contributed by atoms with Crippen molar-refractivity contribution >= 4 is 38.2 Å². The maximum absolute atomic E-state index is 4.71. The predicted octanol–water partition coefficient (Wildman–Crippen LogP) is 3.76. The van der Waals surface area contributed by atoms with Gasteiger partial charge < -0.3 is 16.0 Å². The average Bonchev–Trinajstić information content (AvgIpc) is 3.48. The topological polar surface area (TPSA) is 79.7 Å². The van der Waals surface area contributed by atoms with Crippen LogP contribution in [0.2, 0.25) is 0 Å². The first-order chi connectivity index (χ1) is 14.6. The summed E-state index contributed by atoms with van der Waals surface area (Å²) >= 11 is 1.61. The number of fused-ring (bicyclic) bond motifs is 1. The molecule has 1 unspecified atom stereocenters. The van der Waals surface area contributed by atoms with Gasteiger partial charge in [-0.2, -0.15) is 5.10 Å². The highest BCUT2D eigenvalue weighted by Gasteiger charge is 2.15. The molecular formula is C22H23N7S. The average molecular weight is 418 g/mol. The van der Waals surface area contributed by atoms with Gasteiger partial charge in [0, 0.05) is 48.9 Å². The van der Waals surface area contributed by atoms with Crippen molar-refractivity contribution in [2.45, 2.75) is 12.5 Å². The second-order valence-corrected chi connectivity index (χ2v) is 8.50. The number of aromatic nitrogens is 4. The van der Waals surface area contributed by atoms with Crippen molar-refractivity contribution < 1.29 is 0 Å². The SMILES string of the molecule is C=C(NC1CCNC1)c1ccnc(Nc2nc3ccc(-c4cnn(C)c4)cc3s2)c1. The summed E-state index contributed by atoms with van der Waals surface area (Å²) in [5.74, 6) is 0.756. The number of rotatable bonds is 6. The molecule has 0 saturated carbocycles. The summed E-state index contributed by atoms with van der Waals surface area (Å²) in [5, 5.41) is 15.3. The summed E-state index contributed by atoms with van der Waals surface area (Å²) < 4.78 is 2.93. The van der Waals surface area contributed by atoms with Crippen molar-refractivity contribution in [3.05, 3.63) is 61.1 Å². The Hall–Kier alpha value is -3.23. The van der Waals surface area contributed by atoms with Crippen LogP contribution in [0.4, 0.5) is 10.9 Å². The molecule has 3 N–H and O–H groups in total. The molecule has 152 valence electrons.